The molecule has 0 atom stereocenters. The van der Waals surface area contributed by atoms with Crippen molar-refractivity contribution >= 4 is 43.7 Å². The number of nitrogens with one attached hydrogen (secondary N) is 1. The quantitative estimate of drug-likeness (QED) is 0.281. The minimum Gasteiger partial charge on any atom is -0.354 e. The van der Waals surface area contributed by atoms with Crippen LogP contribution in [0.5, 0.6) is 0 Å². The van der Waals surface area contributed by atoms with E-state index in [4.69, 9.17) is 11.6 Å². The van der Waals surface area contributed by atoms with Gasteiger partial charge in [0.1, 0.15) is 10.7 Å². The zero-order chi connectivity index (χ0) is 26.2. The number of sulfone groups is 1. The van der Waals surface area contributed by atoms with Crippen molar-refractivity contribution in [3.63, 3.8) is 0 Å². The van der Waals surface area contributed by atoms with Crippen LogP contribution in [0.4, 0.5) is 15.8 Å². The summed E-state index contributed by atoms with van der Waals surface area (Å²) in [6.45, 7) is 4.94. The Balaban J connectivity index is 1.56. The van der Waals surface area contributed by atoms with Crippen LogP contribution in [-0.2, 0) is 16.3 Å². The van der Waals surface area contributed by atoms with Crippen LogP contribution >= 0.6 is 11.6 Å². The molecule has 0 spiro atoms. The number of hydrogen-bond acceptors (Lipinski definition) is 5. The van der Waals surface area contributed by atoms with Crippen molar-refractivity contribution in [2.75, 3.05) is 31.2 Å². The maximum atomic E-state index is 14.4. The minimum atomic E-state index is -3.59. The molecule has 2 heterocycles. The van der Waals surface area contributed by atoms with Crippen LogP contribution in [-0.4, -0.2) is 44.2 Å². The largest absolute Gasteiger partial charge is 0.354 e. The number of fused-ring (bicyclic) bond motifs is 1. The first-order valence-corrected chi connectivity index (χ1v) is 14.6. The maximum Gasteiger partial charge on any atom is 0.179 e. The number of aromatic nitrogens is 1. The first kappa shape index (κ1) is 25.6. The zero-order valence-corrected chi connectivity index (χ0v) is 22.5. The van der Waals surface area contributed by atoms with Gasteiger partial charge in [-0.1, -0.05) is 29.8 Å². The fraction of sp³-hybridized carbons (Fsp3) is 0.276. The van der Waals surface area contributed by atoms with Gasteiger partial charge in [0.05, 0.1) is 11.2 Å². The van der Waals surface area contributed by atoms with Gasteiger partial charge in [-0.2, -0.15) is 0 Å². The molecule has 8 heteroatoms. The summed E-state index contributed by atoms with van der Waals surface area (Å²) < 4.78 is 39.9. The lowest BCUT2D eigenvalue weighted by atomic mass is 10.0. The normalized spacial score (nSPS) is 14.4. The predicted molar refractivity (Wildman–Crippen MR) is 149 cm³/mol. The molecular formula is C29H29ClFN3O2S. The van der Waals surface area contributed by atoms with E-state index in [2.05, 4.69) is 27.3 Å². The van der Waals surface area contributed by atoms with E-state index in [0.29, 0.717) is 38.3 Å². The fourth-order valence-electron chi connectivity index (χ4n) is 4.82. The molecule has 0 radical (unpaired) electrons. The third-order valence-corrected chi connectivity index (χ3v) is 8.46. The average molecular weight is 538 g/mol. The summed E-state index contributed by atoms with van der Waals surface area (Å²) in [6.07, 6.45) is 6.00. The number of pyridine rings is 1. The number of nitrogens with zero attached hydrogens (tertiary/aromatic N) is 2. The zero-order valence-electron chi connectivity index (χ0n) is 20.9. The number of likely N-dealkylation sites (tertiary alicyclic amines) is 1. The molecule has 1 saturated heterocycles. The van der Waals surface area contributed by atoms with Crippen LogP contribution < -0.4 is 5.32 Å². The summed E-state index contributed by atoms with van der Waals surface area (Å²) in [5, 5.41) is 4.33. The molecule has 5 nitrogen and oxygen atoms in total. The predicted octanol–water partition coefficient (Wildman–Crippen LogP) is 6.79. The second kappa shape index (κ2) is 10.4. The van der Waals surface area contributed by atoms with Crippen molar-refractivity contribution in [3.05, 3.63) is 82.8 Å². The molecule has 37 heavy (non-hydrogen) atoms. The van der Waals surface area contributed by atoms with Gasteiger partial charge in [0.25, 0.3) is 0 Å². The number of rotatable bonds is 7. The Hall–Kier alpha value is -3.00. The van der Waals surface area contributed by atoms with Gasteiger partial charge in [-0.15, -0.1) is 0 Å². The van der Waals surface area contributed by atoms with E-state index < -0.39 is 15.7 Å². The SMILES string of the molecule is Cc1c(F)cc(-c2ccc3ncc(S(C)(=O)=O)c(Nc4cccc(CCN5CCCC5)c4)c3c2)cc1Cl. The summed E-state index contributed by atoms with van der Waals surface area (Å²) >= 11 is 6.25. The van der Waals surface area contributed by atoms with Crippen molar-refractivity contribution in [3.8, 4) is 11.1 Å². The second-order valence-corrected chi connectivity index (χ2v) is 12.1. The Bertz CT molecular complexity index is 1560. The topological polar surface area (TPSA) is 62.3 Å². The highest BCUT2D eigenvalue weighted by Crippen LogP contribution is 2.36. The van der Waals surface area contributed by atoms with Gasteiger partial charge < -0.3 is 10.2 Å². The lowest BCUT2D eigenvalue weighted by Crippen LogP contribution is -2.21. The van der Waals surface area contributed by atoms with Crippen molar-refractivity contribution in [2.45, 2.75) is 31.1 Å². The van der Waals surface area contributed by atoms with Gasteiger partial charge in [-0.25, -0.2) is 12.8 Å². The molecule has 1 fully saturated rings. The first-order chi connectivity index (χ1) is 17.7. The van der Waals surface area contributed by atoms with Crippen LogP contribution in [0, 0.1) is 12.7 Å². The molecule has 0 unspecified atom stereocenters. The summed E-state index contributed by atoms with van der Waals surface area (Å²) in [4.78, 5) is 6.98. The molecule has 0 bridgehead atoms. The van der Waals surface area contributed by atoms with Crippen molar-refractivity contribution < 1.29 is 12.8 Å². The van der Waals surface area contributed by atoms with Gasteiger partial charge in [0.15, 0.2) is 9.84 Å². The molecule has 192 valence electrons. The van der Waals surface area contributed by atoms with E-state index in [1.807, 2.05) is 24.3 Å². The van der Waals surface area contributed by atoms with Crippen LogP contribution in [0.2, 0.25) is 5.02 Å². The van der Waals surface area contributed by atoms with E-state index in [1.165, 1.54) is 36.9 Å². The van der Waals surface area contributed by atoms with Crippen LogP contribution in [0.1, 0.15) is 24.0 Å². The fourth-order valence-corrected chi connectivity index (χ4v) is 5.80. The monoisotopic (exact) mass is 537 g/mol. The van der Waals surface area contributed by atoms with Crippen molar-refractivity contribution in [2.24, 2.45) is 0 Å². The highest BCUT2D eigenvalue weighted by Gasteiger charge is 2.19. The molecular weight excluding hydrogens is 509 g/mol. The van der Waals surface area contributed by atoms with Crippen molar-refractivity contribution in [1.29, 1.82) is 0 Å². The van der Waals surface area contributed by atoms with E-state index in [-0.39, 0.29) is 4.90 Å². The van der Waals surface area contributed by atoms with Gasteiger partial charge in [0.2, 0.25) is 0 Å². The Morgan fingerprint density at radius 2 is 1.84 bits per heavy atom. The standard InChI is InChI=1S/C29H29ClFN3O2S/c1-19-25(30)16-22(17-26(19)31)21-8-9-27-24(15-21)29(28(18-32-27)37(2,35)36)33-23-7-5-6-20(14-23)10-13-34-11-3-4-12-34/h5-9,14-18H,3-4,10-13H2,1-2H3,(H,32,33). The molecule has 1 aromatic heterocycles. The van der Waals surface area contributed by atoms with E-state index in [0.717, 1.165) is 31.7 Å². The number of halogens is 2. The molecule has 0 aliphatic carbocycles. The maximum absolute atomic E-state index is 14.4. The van der Waals surface area contributed by atoms with Crippen LogP contribution in [0.15, 0.2) is 65.7 Å². The second-order valence-electron chi connectivity index (χ2n) is 9.69. The summed E-state index contributed by atoms with van der Waals surface area (Å²) in [7, 11) is -3.59. The highest BCUT2D eigenvalue weighted by molar-refractivity contribution is 7.90. The molecule has 1 aliphatic heterocycles. The average Bonchev–Trinajstić information content (AvgIpc) is 3.39. The smallest absolute Gasteiger partial charge is 0.179 e. The number of hydrogen-bond donors (Lipinski definition) is 1. The van der Waals surface area contributed by atoms with Gasteiger partial charge in [0, 0.05) is 40.7 Å². The lowest BCUT2D eigenvalue weighted by Gasteiger charge is -2.17. The third-order valence-electron chi connectivity index (χ3n) is 6.96. The Kier molecular flexibility index (Phi) is 7.21. The molecule has 0 amide bonds. The van der Waals surface area contributed by atoms with Gasteiger partial charge in [-0.3, -0.25) is 4.98 Å². The summed E-state index contributed by atoms with van der Waals surface area (Å²) in [5.41, 5.74) is 4.76. The summed E-state index contributed by atoms with van der Waals surface area (Å²) in [5.74, 6) is -0.394. The van der Waals surface area contributed by atoms with Crippen LogP contribution in [0.3, 0.4) is 0 Å². The van der Waals surface area contributed by atoms with E-state index in [1.54, 1.807) is 19.1 Å². The first-order valence-electron chi connectivity index (χ1n) is 12.4. The van der Waals surface area contributed by atoms with Gasteiger partial charge in [-0.05, 0) is 92.4 Å². The van der Waals surface area contributed by atoms with Crippen molar-refractivity contribution in [1.82, 2.24) is 9.88 Å². The molecule has 0 saturated carbocycles. The summed E-state index contributed by atoms with van der Waals surface area (Å²) in [6, 6.07) is 16.7. The molecule has 4 aromatic rings. The highest BCUT2D eigenvalue weighted by atomic mass is 35.5. The van der Waals surface area contributed by atoms with E-state index in [9.17, 15) is 12.8 Å². The molecule has 1 aliphatic rings. The number of benzene rings is 3. The minimum absolute atomic E-state index is 0.104. The number of anilines is 2. The molecule has 1 N–H and O–H groups in total. The Morgan fingerprint density at radius 1 is 1.05 bits per heavy atom. The third kappa shape index (κ3) is 5.64. The van der Waals surface area contributed by atoms with E-state index >= 15 is 0 Å². The van der Waals surface area contributed by atoms with Gasteiger partial charge >= 0.3 is 0 Å². The Labute approximate surface area is 222 Å². The Morgan fingerprint density at radius 3 is 2.57 bits per heavy atom. The van der Waals surface area contributed by atoms with Crippen LogP contribution in [0.25, 0.3) is 22.0 Å². The molecule has 5 rings (SSSR count). The molecule has 3 aromatic carbocycles. The lowest BCUT2D eigenvalue weighted by molar-refractivity contribution is 0.343.